The van der Waals surface area contributed by atoms with Gasteiger partial charge in [-0.25, -0.2) is 12.2 Å². The molecule has 0 fully saturated rings. The van der Waals surface area contributed by atoms with Gasteiger partial charge in [0.05, 0.1) is 0 Å². The van der Waals surface area contributed by atoms with Crippen LogP contribution in [0.15, 0.2) is 30.4 Å². The molecule has 1 aliphatic rings. The Bertz CT molecular complexity index is 170. The molecule has 1 rings (SSSR count). The normalized spacial score (nSPS) is 11.1. The van der Waals surface area contributed by atoms with Crippen LogP contribution in [0.1, 0.15) is 19.8 Å². The van der Waals surface area contributed by atoms with Crippen molar-refractivity contribution in [2.24, 2.45) is 0 Å². The molecule has 0 aromatic heterocycles. The van der Waals surface area contributed by atoms with Gasteiger partial charge in [0.1, 0.15) is 0 Å². The molecule has 1 aliphatic carbocycles. The molecule has 0 saturated heterocycles. The first kappa shape index (κ1) is 14.1. The van der Waals surface area contributed by atoms with Gasteiger partial charge in [-0.1, -0.05) is 0 Å². The molecule has 0 heterocycles. The Balaban J connectivity index is 0. The fourth-order valence-electron chi connectivity index (χ4n) is 0.463. The van der Waals surface area contributed by atoms with Gasteiger partial charge in [-0.3, -0.25) is 12.4 Å². The maximum absolute atomic E-state index is 9.43. The molecule has 0 amide bonds. The summed E-state index contributed by atoms with van der Waals surface area (Å²) >= 11 is 0. The van der Waals surface area contributed by atoms with Crippen LogP contribution in [-0.2, 0) is 24.3 Å². The van der Waals surface area contributed by atoms with E-state index in [4.69, 9.17) is 0 Å². The van der Waals surface area contributed by atoms with Gasteiger partial charge in [-0.2, -0.15) is 6.08 Å². The van der Waals surface area contributed by atoms with E-state index in [1.54, 1.807) is 13.2 Å². The first-order valence-corrected chi connectivity index (χ1v) is 3.48. The van der Waals surface area contributed by atoms with E-state index in [9.17, 15) is 4.79 Å². The summed E-state index contributed by atoms with van der Waals surface area (Å²) in [5, 5.41) is 0. The molecule has 0 bridgehead atoms. The third-order valence-electron chi connectivity index (χ3n) is 0.960. The number of allylic oxidation sites excluding steroid dienone is 5. The number of hydrogen-bond acceptors (Lipinski definition) is 1. The number of rotatable bonds is 2. The molecule has 12 heavy (non-hydrogen) atoms. The number of hydrogen-bond donors (Lipinski definition) is 0. The Hall–Kier alpha value is -0.487. The molecule has 2 heteroatoms. The molecular weight excluding hydrogens is 237 g/mol. The monoisotopic (exact) mass is 250 g/mol. The Morgan fingerprint density at radius 2 is 2.42 bits per heavy atom. The van der Waals surface area contributed by atoms with Gasteiger partial charge in [0.2, 0.25) is 0 Å². The van der Waals surface area contributed by atoms with E-state index in [1.165, 1.54) is 0 Å². The van der Waals surface area contributed by atoms with Gasteiger partial charge in [0.15, 0.2) is 0 Å². The topological polar surface area (TPSA) is 17.1 Å². The van der Waals surface area contributed by atoms with Gasteiger partial charge in [0, 0.05) is 0 Å². The van der Waals surface area contributed by atoms with Gasteiger partial charge < -0.3 is 4.79 Å². The van der Waals surface area contributed by atoms with Crippen LogP contribution in [0.3, 0.4) is 0 Å². The minimum atomic E-state index is 0. The standard InChI is InChI=1S/C5H7O.C5H5.Ru/c1-5(2)3-4-6;1-2-4-5-3-1;/h1,3H2,2H3;1-3H,4H2;/q2*-1;+2. The molecule has 0 saturated carbocycles. The average Bonchev–Trinajstić information content (AvgIpc) is 2.41. The Kier molecular flexibility index (Phi) is 12.3. The first-order valence-electron chi connectivity index (χ1n) is 3.48. The summed E-state index contributed by atoms with van der Waals surface area (Å²) in [6.07, 6.45) is 12.1. The van der Waals surface area contributed by atoms with Crippen molar-refractivity contribution < 1.29 is 24.3 Å². The van der Waals surface area contributed by atoms with Crippen LogP contribution < -0.4 is 0 Å². The summed E-state index contributed by atoms with van der Waals surface area (Å²) in [5.74, 6) is 0. The summed E-state index contributed by atoms with van der Waals surface area (Å²) < 4.78 is 0. The third kappa shape index (κ3) is 12.2. The molecule has 0 aromatic carbocycles. The fourth-order valence-corrected chi connectivity index (χ4v) is 0.463. The predicted molar refractivity (Wildman–Crippen MR) is 46.7 cm³/mol. The molecule has 0 aliphatic heterocycles. The minimum Gasteiger partial charge on any atom is -0.541 e. The summed E-state index contributed by atoms with van der Waals surface area (Å²) in [7, 11) is 0. The Morgan fingerprint density at radius 3 is 2.50 bits per heavy atom. The van der Waals surface area contributed by atoms with Crippen molar-refractivity contribution in [2.45, 2.75) is 19.8 Å². The second-order valence-corrected chi connectivity index (χ2v) is 2.28. The Labute approximate surface area is 87.0 Å². The van der Waals surface area contributed by atoms with E-state index in [1.807, 2.05) is 12.2 Å². The molecule has 1 nitrogen and oxygen atoms in total. The van der Waals surface area contributed by atoms with Crippen LogP contribution >= 0.6 is 0 Å². The summed E-state index contributed by atoms with van der Waals surface area (Å²) in [5.41, 5.74) is 0.866. The van der Waals surface area contributed by atoms with Crippen molar-refractivity contribution in [3.63, 3.8) is 0 Å². The minimum absolute atomic E-state index is 0. The van der Waals surface area contributed by atoms with E-state index in [0.717, 1.165) is 12.0 Å². The van der Waals surface area contributed by atoms with E-state index in [-0.39, 0.29) is 19.5 Å². The van der Waals surface area contributed by atoms with E-state index >= 15 is 0 Å². The van der Waals surface area contributed by atoms with E-state index in [2.05, 4.69) is 18.7 Å². The molecule has 0 N–H and O–H groups in total. The summed E-state index contributed by atoms with van der Waals surface area (Å²) in [6, 6.07) is 0. The van der Waals surface area contributed by atoms with Crippen LogP contribution in [0.25, 0.3) is 0 Å². The molecule has 0 radical (unpaired) electrons. The van der Waals surface area contributed by atoms with Gasteiger partial charge >= 0.3 is 19.5 Å². The zero-order valence-electron chi connectivity index (χ0n) is 7.12. The van der Waals surface area contributed by atoms with Gasteiger partial charge in [0.25, 0.3) is 0 Å². The molecule has 66 valence electrons. The quantitative estimate of drug-likeness (QED) is 0.417. The van der Waals surface area contributed by atoms with Crippen LogP contribution in [0, 0.1) is 6.08 Å². The summed E-state index contributed by atoms with van der Waals surface area (Å²) in [6.45, 7) is 5.28. The van der Waals surface area contributed by atoms with Crippen molar-refractivity contribution in [3.05, 3.63) is 36.5 Å². The maximum atomic E-state index is 9.43. The van der Waals surface area contributed by atoms with Gasteiger partial charge in [-0.05, 0) is 6.92 Å². The summed E-state index contributed by atoms with van der Waals surface area (Å²) in [4.78, 5) is 9.43. The van der Waals surface area contributed by atoms with Crippen molar-refractivity contribution in [2.75, 3.05) is 0 Å². The third-order valence-corrected chi connectivity index (χ3v) is 0.960. The zero-order valence-corrected chi connectivity index (χ0v) is 8.85. The van der Waals surface area contributed by atoms with Crippen LogP contribution in [0.4, 0.5) is 0 Å². The second-order valence-electron chi connectivity index (χ2n) is 2.28. The number of carbonyl (C=O) groups excluding carboxylic acids is 1. The van der Waals surface area contributed by atoms with Gasteiger partial charge in [-0.15, -0.1) is 25.0 Å². The van der Waals surface area contributed by atoms with Crippen molar-refractivity contribution >= 4 is 6.29 Å². The van der Waals surface area contributed by atoms with Crippen LogP contribution in [0.2, 0.25) is 0 Å². The molecule has 0 spiro atoms. The molecular formula is C10H12ORu. The average molecular weight is 249 g/mol. The van der Waals surface area contributed by atoms with Crippen molar-refractivity contribution in [1.82, 2.24) is 0 Å². The van der Waals surface area contributed by atoms with Crippen LogP contribution in [-0.4, -0.2) is 6.29 Å². The second kappa shape index (κ2) is 10.5. The smallest absolute Gasteiger partial charge is 0.541 e. The Morgan fingerprint density at radius 1 is 1.75 bits per heavy atom. The maximum Gasteiger partial charge on any atom is 2.00 e. The SMILES string of the molecule is C=C(C)C[C-]=O.[C-]1=CC=CC1.[Ru+2]. The predicted octanol–water partition coefficient (Wildman–Crippen LogP) is 2.37. The molecule has 0 unspecified atom stereocenters. The fraction of sp³-hybridized carbons (Fsp3) is 0.300. The van der Waals surface area contributed by atoms with Crippen molar-refractivity contribution in [3.8, 4) is 0 Å². The van der Waals surface area contributed by atoms with E-state index < -0.39 is 0 Å². The first-order chi connectivity index (χ1) is 5.27. The molecule has 0 aromatic rings. The zero-order chi connectivity index (χ0) is 8.53. The van der Waals surface area contributed by atoms with Crippen molar-refractivity contribution in [1.29, 1.82) is 0 Å². The largest absolute Gasteiger partial charge is 2.00 e. The molecule has 0 atom stereocenters. The van der Waals surface area contributed by atoms with E-state index in [0.29, 0.717) is 6.42 Å². The van der Waals surface area contributed by atoms with Crippen LogP contribution in [0.5, 0.6) is 0 Å².